The lowest BCUT2D eigenvalue weighted by molar-refractivity contribution is -0.142. The van der Waals surface area contributed by atoms with Crippen LogP contribution in [0.15, 0.2) is 50.4 Å². The van der Waals surface area contributed by atoms with Gasteiger partial charge in [-0.3, -0.25) is 77.5 Å². The third-order valence-electron chi connectivity index (χ3n) is 17.6. The number of nitrogens with two attached hydrogens (primary N) is 9. The fourth-order valence-electron chi connectivity index (χ4n) is 10.7. The van der Waals surface area contributed by atoms with E-state index in [1.807, 2.05) is 18.2 Å². The smallest absolute Gasteiger partial charge is 0.325 e. The van der Waals surface area contributed by atoms with Crippen molar-refractivity contribution in [3.63, 3.8) is 0 Å². The average molecular weight is 1490 g/mol. The molecule has 38 heteroatoms. The Balaban J connectivity index is 2.55. The molecule has 0 aliphatic heterocycles. The number of carboxylic acid groups (broad SMARTS) is 1. The number of nitrogens with one attached hydrogen (secondary N) is 12. The summed E-state index contributed by atoms with van der Waals surface area (Å²) in [5.41, 5.74) is 52.0. The number of aromatic nitrogens is 1. The van der Waals surface area contributed by atoms with Crippen LogP contribution < -0.4 is 110 Å². The van der Waals surface area contributed by atoms with E-state index in [-0.39, 0.29) is 120 Å². The van der Waals surface area contributed by atoms with Crippen LogP contribution in [0.2, 0.25) is 0 Å². The van der Waals surface area contributed by atoms with Crippen molar-refractivity contribution in [1.29, 1.82) is 0 Å². The van der Waals surface area contributed by atoms with E-state index >= 15 is 0 Å². The van der Waals surface area contributed by atoms with Gasteiger partial charge in [0.05, 0.1) is 6.04 Å². The number of aliphatic imine (C=N–C) groups is 4. The van der Waals surface area contributed by atoms with Gasteiger partial charge in [0.25, 0.3) is 0 Å². The maximum Gasteiger partial charge on any atom is 0.325 e. The highest BCUT2D eigenvalue weighted by Crippen LogP contribution is 2.21. The maximum atomic E-state index is 14.9. The summed E-state index contributed by atoms with van der Waals surface area (Å²) in [6, 6.07) is -8.61. The zero-order valence-corrected chi connectivity index (χ0v) is 63.1. The molecule has 1 heterocycles. The van der Waals surface area contributed by atoms with Crippen molar-refractivity contribution in [2.24, 2.45) is 101 Å². The Hall–Kier alpha value is -10.6. The van der Waals surface area contributed by atoms with E-state index in [9.17, 15) is 62.6 Å². The Kier molecular flexibility index (Phi) is 40.0. The van der Waals surface area contributed by atoms with Gasteiger partial charge in [0.15, 0.2) is 23.8 Å². The van der Waals surface area contributed by atoms with E-state index in [0.29, 0.717) is 12.0 Å². The molecule has 0 bridgehead atoms. The summed E-state index contributed by atoms with van der Waals surface area (Å²) in [6.45, 7) is 19.6. The second-order valence-electron chi connectivity index (χ2n) is 27.4. The van der Waals surface area contributed by atoms with E-state index in [4.69, 9.17) is 51.6 Å². The minimum atomic E-state index is -1.44. The molecule has 0 saturated carbocycles. The number of aromatic amines is 1. The minimum absolute atomic E-state index is 0.00326. The lowest BCUT2D eigenvalue weighted by Gasteiger charge is -2.31. The number of para-hydroxylation sites is 1. The zero-order valence-electron chi connectivity index (χ0n) is 63.1. The predicted octanol–water partition coefficient (Wildman–Crippen LogP) is -4.23. The summed E-state index contributed by atoms with van der Waals surface area (Å²) in [5.74, 6) is -13.9. The Bertz CT molecular complexity index is 3380. The van der Waals surface area contributed by atoms with Gasteiger partial charge in [-0.1, -0.05) is 100 Å². The quantitative estimate of drug-likeness (QED) is 0.0170. The summed E-state index contributed by atoms with van der Waals surface area (Å²) < 4.78 is 0. The number of rotatable bonds is 48. The monoisotopic (exact) mass is 1490 g/mol. The number of H-pyrrole nitrogens is 1. The fourth-order valence-corrected chi connectivity index (χ4v) is 10.7. The normalized spacial score (nSPS) is 15.2. The first kappa shape index (κ1) is 91.5. The second-order valence-corrected chi connectivity index (χ2v) is 27.4. The van der Waals surface area contributed by atoms with Crippen LogP contribution in [-0.2, 0) is 64.0 Å². The van der Waals surface area contributed by atoms with Crippen LogP contribution in [-0.4, -0.2) is 204 Å². The topological polar surface area (TPSA) is 657 Å². The molecule has 0 saturated heterocycles. The van der Waals surface area contributed by atoms with E-state index in [2.05, 4.69) is 83.4 Å². The van der Waals surface area contributed by atoms with Crippen molar-refractivity contribution in [3.8, 4) is 0 Å². The van der Waals surface area contributed by atoms with Gasteiger partial charge in [0, 0.05) is 49.7 Å². The molecule has 0 aliphatic carbocycles. The van der Waals surface area contributed by atoms with Crippen molar-refractivity contribution < 1.29 is 62.6 Å². The number of carbonyl (C=O) groups is 12. The standard InChI is InChI=1S/C68H119N25O13/c1-13-36(9)51(92-57(98)45(25-19-29-80-67(74)75)85-58(99)47(31-40-32-82-42-22-16-15-21-41(40)42)89-55(96)44(24-18-28-79-66(72)73)86-59(100)48(69)33(3)4)62(103)88-46(26-20-30-81-68(76)77)56(97)91-49(34(5)6)60(101)83-38(11)53(94)90-50(35(7)8)61(102)93-52(37(10)14-2)63(104)87-43(23-17-27-78-65(70)71)54(95)84-39(12)64(105)106/h15-16,21-22,32-39,43-52,82H,13-14,17-20,23-31,69H2,1-12H3,(H,83,101)(H,84,95)(H,85,99)(H,86,100)(H,87,104)(H,88,103)(H,89,96)(H,90,94)(H,91,97)(H,92,98)(H,93,102)(H,105,106)(H4,70,71,78)(H4,72,73,79)(H4,74,75,80)(H4,76,77,81)/t36-,37-,38-,39-,43-,44-,45-,46-,47-,48-,49-,50-,51-,52-/m0/s1. The largest absolute Gasteiger partial charge is 0.480 e. The number of carboxylic acids is 1. The van der Waals surface area contributed by atoms with Crippen LogP contribution in [0.3, 0.4) is 0 Å². The molecular weight excluding hydrogens is 1370 g/mol. The van der Waals surface area contributed by atoms with Gasteiger partial charge in [-0.2, -0.15) is 0 Å². The molecule has 14 atom stereocenters. The molecule has 11 amide bonds. The number of guanidine groups is 4. The average Bonchev–Trinajstić information content (AvgIpc) is 1.59. The van der Waals surface area contributed by atoms with Crippen LogP contribution in [0.1, 0.15) is 153 Å². The highest BCUT2D eigenvalue weighted by molar-refractivity contribution is 6.00. The molecule has 0 unspecified atom stereocenters. The van der Waals surface area contributed by atoms with E-state index in [0.717, 1.165) is 10.9 Å². The van der Waals surface area contributed by atoms with Crippen molar-refractivity contribution in [2.75, 3.05) is 26.2 Å². The van der Waals surface area contributed by atoms with Crippen LogP contribution in [0.4, 0.5) is 0 Å². The number of amides is 11. The fraction of sp³-hybridized carbons (Fsp3) is 0.647. The molecule has 0 aliphatic rings. The molecule has 1 aromatic carbocycles. The van der Waals surface area contributed by atoms with Gasteiger partial charge >= 0.3 is 5.97 Å². The lowest BCUT2D eigenvalue weighted by atomic mass is 9.95. The zero-order chi connectivity index (χ0) is 80.2. The van der Waals surface area contributed by atoms with Gasteiger partial charge in [-0.25, -0.2) is 0 Å². The number of aliphatic carboxylic acids is 1. The summed E-state index contributed by atoms with van der Waals surface area (Å²) in [4.78, 5) is 188. The van der Waals surface area contributed by atoms with Crippen molar-refractivity contribution in [2.45, 2.75) is 226 Å². The number of nitrogens with zero attached hydrogens (tertiary/aromatic N) is 4. The second kappa shape index (κ2) is 46.3. The Labute approximate surface area is 619 Å². The molecule has 1 aromatic heterocycles. The Morgan fingerprint density at radius 3 is 1.08 bits per heavy atom. The van der Waals surface area contributed by atoms with E-state index in [1.165, 1.54) is 13.8 Å². The Morgan fingerprint density at radius 2 is 0.698 bits per heavy atom. The molecule has 0 spiro atoms. The third kappa shape index (κ3) is 32.2. The molecule has 594 valence electrons. The molecule has 2 aromatic rings. The number of carbonyl (C=O) groups excluding carboxylic acids is 11. The highest BCUT2D eigenvalue weighted by atomic mass is 16.4. The highest BCUT2D eigenvalue weighted by Gasteiger charge is 2.39. The van der Waals surface area contributed by atoms with E-state index < -0.39 is 167 Å². The van der Waals surface area contributed by atoms with Crippen molar-refractivity contribution >= 4 is 106 Å². The van der Waals surface area contributed by atoms with Gasteiger partial charge < -0.3 is 120 Å². The van der Waals surface area contributed by atoms with Crippen LogP contribution in [0, 0.1) is 29.6 Å². The van der Waals surface area contributed by atoms with Crippen LogP contribution in [0.5, 0.6) is 0 Å². The SMILES string of the molecule is CC[C@H](C)[C@H](NC(=O)[C@H](CCCN=C(N)N)NC(=O)[C@H](Cc1c[nH]c2ccccc12)NC(=O)[C@H](CCCN=C(N)N)NC(=O)[C@@H](N)C(C)C)C(=O)N[C@@H](CCCN=C(N)N)C(=O)N[C@H](C(=O)N[C@@H](C)C(=O)N[C@H](C(=O)N[C@H](C(=O)N[C@@H](CCCN=C(N)N)C(=O)N[C@@H](C)C(=O)O)[C@@H](C)CC)C(C)C)C(C)C. The summed E-state index contributed by atoms with van der Waals surface area (Å²) in [7, 11) is 0. The Morgan fingerprint density at radius 1 is 0.387 bits per heavy atom. The molecule has 0 radical (unpaired) electrons. The van der Waals surface area contributed by atoms with E-state index in [1.54, 1.807) is 81.5 Å². The molecule has 2 rings (SSSR count). The first-order chi connectivity index (χ1) is 49.7. The van der Waals surface area contributed by atoms with Gasteiger partial charge in [0.2, 0.25) is 65.0 Å². The predicted molar refractivity (Wildman–Crippen MR) is 403 cm³/mol. The molecule has 38 nitrogen and oxygen atoms in total. The lowest BCUT2D eigenvalue weighted by Crippen LogP contribution is -2.62. The third-order valence-corrected chi connectivity index (χ3v) is 17.6. The number of benzene rings is 1. The van der Waals surface area contributed by atoms with Gasteiger partial charge in [-0.15, -0.1) is 0 Å². The molecular formula is C68H119N25O13. The summed E-state index contributed by atoms with van der Waals surface area (Å²) in [5, 5.41) is 39.6. The number of hydrogen-bond donors (Lipinski definition) is 22. The van der Waals surface area contributed by atoms with Gasteiger partial charge in [-0.05, 0) is 106 Å². The van der Waals surface area contributed by atoms with Crippen LogP contribution >= 0.6 is 0 Å². The molecule has 31 N–H and O–H groups in total. The number of hydrogen-bond acceptors (Lipinski definition) is 17. The first-order valence-electron chi connectivity index (χ1n) is 35.8. The van der Waals surface area contributed by atoms with Crippen LogP contribution in [0.25, 0.3) is 10.9 Å². The maximum absolute atomic E-state index is 14.9. The summed E-state index contributed by atoms with van der Waals surface area (Å²) in [6.07, 6.45) is 2.55. The van der Waals surface area contributed by atoms with Crippen molar-refractivity contribution in [3.05, 3.63) is 36.0 Å². The van der Waals surface area contributed by atoms with Crippen molar-refractivity contribution in [1.82, 2.24) is 63.5 Å². The first-order valence-corrected chi connectivity index (χ1v) is 35.8. The molecule has 106 heavy (non-hydrogen) atoms. The molecule has 0 fully saturated rings. The van der Waals surface area contributed by atoms with Gasteiger partial charge in [0.1, 0.15) is 66.5 Å². The minimum Gasteiger partial charge on any atom is -0.480 e. The summed E-state index contributed by atoms with van der Waals surface area (Å²) >= 11 is 0. The number of fused-ring (bicyclic) bond motifs is 1.